The van der Waals surface area contributed by atoms with Gasteiger partial charge in [-0.3, -0.25) is 9.99 Å². The van der Waals surface area contributed by atoms with Gasteiger partial charge in [0.25, 0.3) is 0 Å². The van der Waals surface area contributed by atoms with E-state index in [1.165, 1.54) is 6.07 Å². The number of halogens is 3. The quantitative estimate of drug-likeness (QED) is 0.870. The summed E-state index contributed by atoms with van der Waals surface area (Å²) in [5.74, 6) is 0.458. The Morgan fingerprint density at radius 1 is 1.15 bits per heavy atom. The van der Waals surface area contributed by atoms with Gasteiger partial charge in [-0.15, -0.1) is 0 Å². The molecule has 0 saturated heterocycles. The highest BCUT2D eigenvalue weighted by Gasteiger charge is 2.30. The molecule has 0 bridgehead atoms. The van der Waals surface area contributed by atoms with Gasteiger partial charge in [-0.25, -0.2) is 15.4 Å². The van der Waals surface area contributed by atoms with Crippen LogP contribution in [0, 0.1) is 0 Å². The predicted octanol–water partition coefficient (Wildman–Crippen LogP) is 2.03. The van der Waals surface area contributed by atoms with Gasteiger partial charge in [0, 0.05) is 25.6 Å². The minimum absolute atomic E-state index is 0.271. The summed E-state index contributed by atoms with van der Waals surface area (Å²) in [7, 11) is 1.71. The SMILES string of the molecule is CN(NCc1ccc(C(F)(F)F)cn1)c1ncccn1. The van der Waals surface area contributed by atoms with Crippen LogP contribution in [0.5, 0.6) is 0 Å². The summed E-state index contributed by atoms with van der Waals surface area (Å²) in [5.41, 5.74) is 2.66. The van der Waals surface area contributed by atoms with Crippen molar-refractivity contribution in [2.75, 3.05) is 12.1 Å². The Balaban J connectivity index is 1.94. The lowest BCUT2D eigenvalue weighted by atomic mass is 10.2. The molecular formula is C12H12F3N5. The second-order valence-electron chi connectivity index (χ2n) is 3.98. The van der Waals surface area contributed by atoms with Crippen LogP contribution in [-0.4, -0.2) is 22.0 Å². The van der Waals surface area contributed by atoms with Crippen molar-refractivity contribution in [2.24, 2.45) is 0 Å². The van der Waals surface area contributed by atoms with Crippen LogP contribution in [0.4, 0.5) is 19.1 Å². The number of rotatable bonds is 4. The number of nitrogens with one attached hydrogen (secondary N) is 1. The van der Waals surface area contributed by atoms with Crippen LogP contribution in [0.2, 0.25) is 0 Å². The topological polar surface area (TPSA) is 53.9 Å². The van der Waals surface area contributed by atoms with E-state index in [0.29, 0.717) is 11.6 Å². The van der Waals surface area contributed by atoms with E-state index in [4.69, 9.17) is 0 Å². The number of hydrogen-bond acceptors (Lipinski definition) is 5. The molecule has 2 aromatic rings. The highest BCUT2D eigenvalue weighted by molar-refractivity contribution is 5.24. The highest BCUT2D eigenvalue weighted by Crippen LogP contribution is 2.28. The van der Waals surface area contributed by atoms with E-state index in [1.54, 1.807) is 30.5 Å². The van der Waals surface area contributed by atoms with Crippen LogP contribution in [0.25, 0.3) is 0 Å². The number of hydrogen-bond donors (Lipinski definition) is 1. The van der Waals surface area contributed by atoms with Gasteiger partial charge in [0.1, 0.15) is 0 Å². The third-order valence-corrected chi connectivity index (χ3v) is 2.50. The number of alkyl halides is 3. The number of hydrazine groups is 1. The Morgan fingerprint density at radius 2 is 1.85 bits per heavy atom. The van der Waals surface area contributed by atoms with Crippen LogP contribution in [0.1, 0.15) is 11.3 Å². The summed E-state index contributed by atoms with van der Waals surface area (Å²) < 4.78 is 37.1. The van der Waals surface area contributed by atoms with Gasteiger partial charge in [0.2, 0.25) is 5.95 Å². The van der Waals surface area contributed by atoms with Crippen LogP contribution >= 0.6 is 0 Å². The maximum atomic E-state index is 12.4. The van der Waals surface area contributed by atoms with Crippen molar-refractivity contribution in [1.29, 1.82) is 0 Å². The third kappa shape index (κ3) is 3.64. The first kappa shape index (κ1) is 14.2. The predicted molar refractivity (Wildman–Crippen MR) is 66.5 cm³/mol. The fraction of sp³-hybridized carbons (Fsp3) is 0.250. The third-order valence-electron chi connectivity index (χ3n) is 2.50. The minimum atomic E-state index is -4.37. The fourth-order valence-electron chi connectivity index (χ4n) is 1.43. The van der Waals surface area contributed by atoms with Gasteiger partial charge in [-0.1, -0.05) is 0 Å². The van der Waals surface area contributed by atoms with Gasteiger partial charge in [-0.05, 0) is 18.2 Å². The van der Waals surface area contributed by atoms with Crippen molar-refractivity contribution in [3.63, 3.8) is 0 Å². The standard InChI is InChI=1S/C12H12F3N5/c1-20(11-16-5-2-6-17-11)19-8-10-4-3-9(7-18-10)12(13,14)15/h2-7,19H,8H2,1H3. The van der Waals surface area contributed by atoms with Crippen molar-refractivity contribution >= 4 is 5.95 Å². The maximum absolute atomic E-state index is 12.4. The molecule has 2 heterocycles. The smallest absolute Gasteiger partial charge is 0.279 e. The zero-order valence-electron chi connectivity index (χ0n) is 10.6. The lowest BCUT2D eigenvalue weighted by molar-refractivity contribution is -0.137. The molecule has 0 spiro atoms. The average molecular weight is 283 g/mol. The van der Waals surface area contributed by atoms with E-state index in [0.717, 1.165) is 12.3 Å². The first-order chi connectivity index (χ1) is 9.47. The largest absolute Gasteiger partial charge is 0.417 e. The van der Waals surface area contributed by atoms with Gasteiger partial charge in [0.15, 0.2) is 0 Å². The Kier molecular flexibility index (Phi) is 4.14. The van der Waals surface area contributed by atoms with Gasteiger partial charge in [0.05, 0.1) is 17.8 Å². The normalized spacial score (nSPS) is 11.4. The van der Waals surface area contributed by atoms with E-state index in [1.807, 2.05) is 0 Å². The highest BCUT2D eigenvalue weighted by atomic mass is 19.4. The monoisotopic (exact) mass is 283 g/mol. The number of pyridine rings is 1. The van der Waals surface area contributed by atoms with E-state index in [2.05, 4.69) is 20.4 Å². The Hall–Kier alpha value is -2.22. The lowest BCUT2D eigenvalue weighted by Crippen LogP contribution is -2.35. The molecule has 106 valence electrons. The molecular weight excluding hydrogens is 271 g/mol. The summed E-state index contributed by atoms with van der Waals surface area (Å²) in [5, 5.41) is 1.57. The number of anilines is 1. The van der Waals surface area contributed by atoms with Crippen LogP contribution in [-0.2, 0) is 12.7 Å². The molecule has 2 aromatic heterocycles. The molecule has 0 aliphatic carbocycles. The molecule has 0 amide bonds. The Bertz CT molecular complexity index is 541. The first-order valence-corrected chi connectivity index (χ1v) is 5.73. The van der Waals surface area contributed by atoms with Crippen molar-refractivity contribution in [3.8, 4) is 0 Å². The van der Waals surface area contributed by atoms with Crippen LogP contribution in [0.15, 0.2) is 36.8 Å². The van der Waals surface area contributed by atoms with E-state index >= 15 is 0 Å². The molecule has 1 N–H and O–H groups in total. The van der Waals surface area contributed by atoms with E-state index < -0.39 is 11.7 Å². The molecule has 0 aromatic carbocycles. The second kappa shape index (κ2) is 5.83. The number of aromatic nitrogens is 3. The lowest BCUT2D eigenvalue weighted by Gasteiger charge is -2.17. The van der Waals surface area contributed by atoms with Gasteiger partial charge in [-0.2, -0.15) is 13.2 Å². The molecule has 0 fully saturated rings. The summed E-state index contributed by atoms with van der Waals surface area (Å²) in [6, 6.07) is 4.02. The summed E-state index contributed by atoms with van der Waals surface area (Å²) in [6.07, 6.45) is -0.364. The Labute approximate surface area is 113 Å². The molecule has 0 atom stereocenters. The molecule has 0 radical (unpaired) electrons. The molecule has 0 saturated carbocycles. The first-order valence-electron chi connectivity index (χ1n) is 5.73. The van der Waals surface area contributed by atoms with Crippen molar-refractivity contribution in [1.82, 2.24) is 20.4 Å². The molecule has 5 nitrogen and oxygen atoms in total. The molecule has 20 heavy (non-hydrogen) atoms. The minimum Gasteiger partial charge on any atom is -0.279 e. The summed E-state index contributed by atoms with van der Waals surface area (Å²) in [6.45, 7) is 0.271. The van der Waals surface area contributed by atoms with Gasteiger partial charge < -0.3 is 0 Å². The van der Waals surface area contributed by atoms with Crippen molar-refractivity contribution in [2.45, 2.75) is 12.7 Å². The van der Waals surface area contributed by atoms with Crippen molar-refractivity contribution in [3.05, 3.63) is 48.0 Å². The second-order valence-corrected chi connectivity index (χ2v) is 3.98. The number of nitrogens with zero attached hydrogens (tertiary/aromatic N) is 4. The molecule has 0 aliphatic rings. The molecule has 0 unspecified atom stereocenters. The molecule has 8 heteroatoms. The van der Waals surface area contributed by atoms with E-state index in [-0.39, 0.29) is 6.54 Å². The van der Waals surface area contributed by atoms with E-state index in [9.17, 15) is 13.2 Å². The molecule has 2 rings (SSSR count). The van der Waals surface area contributed by atoms with Crippen molar-refractivity contribution < 1.29 is 13.2 Å². The summed E-state index contributed by atoms with van der Waals surface area (Å²) >= 11 is 0. The van der Waals surface area contributed by atoms with Crippen LogP contribution in [0.3, 0.4) is 0 Å². The maximum Gasteiger partial charge on any atom is 0.417 e. The zero-order valence-corrected chi connectivity index (χ0v) is 10.6. The van der Waals surface area contributed by atoms with Gasteiger partial charge >= 0.3 is 6.18 Å². The summed E-state index contributed by atoms with van der Waals surface area (Å²) in [4.78, 5) is 11.8. The fourth-order valence-corrected chi connectivity index (χ4v) is 1.43. The average Bonchev–Trinajstić information content (AvgIpc) is 2.45. The Morgan fingerprint density at radius 3 is 2.40 bits per heavy atom. The zero-order chi connectivity index (χ0) is 14.6. The van der Waals surface area contributed by atoms with Crippen LogP contribution < -0.4 is 10.4 Å². The molecule has 0 aliphatic heterocycles.